The van der Waals surface area contributed by atoms with E-state index in [9.17, 15) is 24.0 Å². The highest BCUT2D eigenvalue weighted by atomic mass is 35.5. The Bertz CT molecular complexity index is 2130. The van der Waals surface area contributed by atoms with Crippen molar-refractivity contribution in [3.63, 3.8) is 0 Å². The number of nitrogens with zero attached hydrogens (tertiary/aromatic N) is 5. The van der Waals surface area contributed by atoms with E-state index < -0.39 is 29.7 Å². The lowest BCUT2D eigenvalue weighted by Crippen LogP contribution is -2.54. The number of amides is 5. The van der Waals surface area contributed by atoms with Crippen molar-refractivity contribution in [1.82, 2.24) is 25.4 Å². The molecule has 15 heteroatoms. The summed E-state index contributed by atoms with van der Waals surface area (Å²) in [5.74, 6) is -0.0451. The first kappa shape index (κ1) is 39.3. The molecular formula is C43H47ClN8O6. The van der Waals surface area contributed by atoms with Crippen LogP contribution in [0.1, 0.15) is 101 Å². The van der Waals surface area contributed by atoms with Crippen molar-refractivity contribution in [1.29, 1.82) is 5.26 Å². The smallest absolute Gasteiger partial charge is 0.262 e. The summed E-state index contributed by atoms with van der Waals surface area (Å²) in [6, 6.07) is 15.4. The molecule has 58 heavy (non-hydrogen) atoms. The van der Waals surface area contributed by atoms with Gasteiger partial charge in [-0.15, -0.1) is 0 Å². The highest BCUT2D eigenvalue weighted by Gasteiger charge is 2.44. The van der Waals surface area contributed by atoms with Gasteiger partial charge in [0.05, 0.1) is 33.4 Å². The van der Waals surface area contributed by atoms with Crippen LogP contribution in [0.5, 0.6) is 5.75 Å². The lowest BCUT2D eigenvalue weighted by molar-refractivity contribution is -0.136. The molecule has 2 aromatic carbocycles. The molecule has 5 aliphatic rings. The number of likely N-dealkylation sites (tertiary alicyclic amines) is 1. The zero-order valence-corrected chi connectivity index (χ0v) is 33.0. The standard InChI is InChI=1S/C43H47ClN8O6/c44-36-21-33(8-3-27(36)22-45)58-32-9-5-29(6-10-32)48-40(54)28-4-13-38(46-23-28)51-18-15-26(16-19-51)24-50-17-1-2-31(25-50)47-30-7-11-34-35(20-30)43(57)52(42(34)56)37-12-14-39(53)49-41(37)55/h3-4,7-8,11,13,20-21,23,26,29,31-32,37,47H,1-2,5-6,9-10,12,14-19,24-25H2,(H,48,54)(H,49,53,55)/t29?,31-,32?,37?/m1/s1. The van der Waals surface area contributed by atoms with E-state index in [0.717, 1.165) is 100 Å². The van der Waals surface area contributed by atoms with E-state index in [1.165, 1.54) is 0 Å². The van der Waals surface area contributed by atoms with Gasteiger partial charge in [0.25, 0.3) is 17.7 Å². The number of nitriles is 1. The molecule has 0 radical (unpaired) electrons. The van der Waals surface area contributed by atoms with Crippen molar-refractivity contribution in [3.05, 3.63) is 82.0 Å². The number of fused-ring (bicyclic) bond motifs is 1. The van der Waals surface area contributed by atoms with Crippen LogP contribution in [0, 0.1) is 17.2 Å². The lowest BCUT2D eigenvalue weighted by atomic mass is 9.92. The maximum absolute atomic E-state index is 13.3. The number of hydrogen-bond donors (Lipinski definition) is 3. The molecule has 302 valence electrons. The molecule has 8 rings (SSSR count). The van der Waals surface area contributed by atoms with Gasteiger partial charge in [-0.25, -0.2) is 4.98 Å². The summed E-state index contributed by atoms with van der Waals surface area (Å²) in [5, 5.41) is 18.5. The first-order chi connectivity index (χ1) is 28.1. The monoisotopic (exact) mass is 806 g/mol. The highest BCUT2D eigenvalue weighted by molar-refractivity contribution is 6.31. The van der Waals surface area contributed by atoms with Crippen LogP contribution in [0.2, 0.25) is 5.02 Å². The third kappa shape index (κ3) is 8.66. The van der Waals surface area contributed by atoms with Crippen molar-refractivity contribution in [2.24, 2.45) is 5.92 Å². The number of benzene rings is 2. The Hall–Kier alpha value is -5.52. The van der Waals surface area contributed by atoms with Gasteiger partial charge in [-0.2, -0.15) is 5.26 Å². The zero-order chi connectivity index (χ0) is 40.3. The molecule has 3 aromatic rings. The normalized spacial score (nSPS) is 24.2. The number of rotatable bonds is 10. The average molecular weight is 807 g/mol. The number of piperidine rings is 3. The Kier molecular flexibility index (Phi) is 11.6. The fourth-order valence-electron chi connectivity index (χ4n) is 9.00. The summed E-state index contributed by atoms with van der Waals surface area (Å²) in [6.45, 7) is 4.72. The lowest BCUT2D eigenvalue weighted by Gasteiger charge is -2.39. The van der Waals surface area contributed by atoms with E-state index in [4.69, 9.17) is 21.6 Å². The van der Waals surface area contributed by atoms with E-state index in [1.54, 1.807) is 36.5 Å². The second kappa shape index (κ2) is 17.1. The zero-order valence-electron chi connectivity index (χ0n) is 32.3. The van der Waals surface area contributed by atoms with Crippen LogP contribution in [0.15, 0.2) is 54.7 Å². The van der Waals surface area contributed by atoms with E-state index in [2.05, 4.69) is 36.8 Å². The summed E-state index contributed by atoms with van der Waals surface area (Å²) in [5.41, 5.74) is 2.29. The second-order valence-electron chi connectivity index (χ2n) is 16.1. The molecule has 1 aromatic heterocycles. The molecule has 2 atom stereocenters. The molecule has 4 aliphatic heterocycles. The number of nitrogens with one attached hydrogen (secondary N) is 3. The largest absolute Gasteiger partial charge is 0.490 e. The summed E-state index contributed by atoms with van der Waals surface area (Å²) >= 11 is 6.15. The molecule has 0 spiro atoms. The minimum atomic E-state index is -0.982. The fourth-order valence-corrected chi connectivity index (χ4v) is 9.21. The third-order valence-corrected chi connectivity index (χ3v) is 12.5. The van der Waals surface area contributed by atoms with Crippen LogP contribution in [0.25, 0.3) is 0 Å². The van der Waals surface area contributed by atoms with Crippen LogP contribution in [-0.4, -0.2) is 101 Å². The van der Waals surface area contributed by atoms with Crippen LogP contribution in [0.3, 0.4) is 0 Å². The number of carbonyl (C=O) groups excluding carboxylic acids is 5. The summed E-state index contributed by atoms with van der Waals surface area (Å²) in [4.78, 5) is 74.0. The number of hydrogen-bond acceptors (Lipinski definition) is 11. The van der Waals surface area contributed by atoms with E-state index in [0.29, 0.717) is 27.8 Å². The molecule has 14 nitrogen and oxygen atoms in total. The van der Waals surface area contributed by atoms with Crippen molar-refractivity contribution in [3.8, 4) is 11.8 Å². The molecule has 1 saturated carbocycles. The van der Waals surface area contributed by atoms with Gasteiger partial charge in [-0.1, -0.05) is 11.6 Å². The molecule has 3 saturated heterocycles. The van der Waals surface area contributed by atoms with Gasteiger partial charge in [0.15, 0.2) is 0 Å². The number of ether oxygens (including phenoxy) is 1. The van der Waals surface area contributed by atoms with Gasteiger partial charge >= 0.3 is 0 Å². The fraction of sp³-hybridized carbons (Fsp3) is 0.465. The SMILES string of the molecule is N#Cc1ccc(OC2CCC(NC(=O)c3ccc(N4CCC(CN5CCC[C@@H](Nc6ccc7c(c6)C(=O)N(C6CCC(=O)NC6=O)C7=O)C5)CC4)nc3)CC2)cc1Cl. The van der Waals surface area contributed by atoms with Crippen molar-refractivity contribution in [2.45, 2.75) is 88.4 Å². The molecule has 5 heterocycles. The van der Waals surface area contributed by atoms with Gasteiger partial charge in [0.2, 0.25) is 11.8 Å². The van der Waals surface area contributed by atoms with Gasteiger partial charge in [-0.05, 0) is 113 Å². The first-order valence-corrected chi connectivity index (χ1v) is 20.7. The van der Waals surface area contributed by atoms with Gasteiger partial charge in [0, 0.05) is 62.6 Å². The Labute approximate surface area is 342 Å². The van der Waals surface area contributed by atoms with Crippen LogP contribution >= 0.6 is 11.6 Å². The predicted molar refractivity (Wildman–Crippen MR) is 216 cm³/mol. The minimum absolute atomic E-state index is 0.0326. The molecule has 1 aliphatic carbocycles. The molecule has 0 bridgehead atoms. The summed E-state index contributed by atoms with van der Waals surface area (Å²) in [6.07, 6.45) is 9.30. The maximum atomic E-state index is 13.3. The van der Waals surface area contributed by atoms with Gasteiger partial charge in [-0.3, -0.25) is 34.2 Å². The Morgan fingerprint density at radius 2 is 1.69 bits per heavy atom. The average Bonchev–Trinajstić information content (AvgIpc) is 3.47. The third-order valence-electron chi connectivity index (χ3n) is 12.2. The number of pyridine rings is 1. The number of anilines is 2. The van der Waals surface area contributed by atoms with Gasteiger partial charge in [0.1, 0.15) is 23.7 Å². The van der Waals surface area contributed by atoms with E-state index in [-0.39, 0.29) is 48.1 Å². The topological polar surface area (TPSA) is 177 Å². The highest BCUT2D eigenvalue weighted by Crippen LogP contribution is 2.32. The minimum Gasteiger partial charge on any atom is -0.490 e. The predicted octanol–water partition coefficient (Wildman–Crippen LogP) is 4.92. The maximum Gasteiger partial charge on any atom is 0.262 e. The van der Waals surface area contributed by atoms with Crippen LogP contribution < -0.4 is 25.6 Å². The molecule has 4 fully saturated rings. The van der Waals surface area contributed by atoms with E-state index >= 15 is 0 Å². The molecule has 5 amide bonds. The van der Waals surface area contributed by atoms with Gasteiger partial charge < -0.3 is 25.2 Å². The number of aromatic nitrogens is 1. The molecular weight excluding hydrogens is 760 g/mol. The Morgan fingerprint density at radius 3 is 2.41 bits per heavy atom. The molecule has 3 N–H and O–H groups in total. The van der Waals surface area contributed by atoms with Crippen molar-refractivity contribution >= 4 is 52.6 Å². The second-order valence-corrected chi connectivity index (χ2v) is 16.5. The van der Waals surface area contributed by atoms with Crippen molar-refractivity contribution in [2.75, 3.05) is 42.9 Å². The van der Waals surface area contributed by atoms with Crippen LogP contribution in [-0.2, 0) is 9.59 Å². The first-order valence-electron chi connectivity index (χ1n) is 20.3. The molecule has 1 unspecified atom stereocenters. The number of carbonyl (C=O) groups is 5. The summed E-state index contributed by atoms with van der Waals surface area (Å²) < 4.78 is 6.09. The number of halogens is 1. The number of imide groups is 2. The summed E-state index contributed by atoms with van der Waals surface area (Å²) in [7, 11) is 0. The van der Waals surface area contributed by atoms with Crippen LogP contribution in [0.4, 0.5) is 11.5 Å². The van der Waals surface area contributed by atoms with E-state index in [1.807, 2.05) is 18.2 Å². The Morgan fingerprint density at radius 1 is 0.897 bits per heavy atom. The quantitative estimate of drug-likeness (QED) is 0.237. The van der Waals surface area contributed by atoms with Crippen molar-refractivity contribution < 1.29 is 28.7 Å². The Balaban J connectivity index is 0.763.